The van der Waals surface area contributed by atoms with Gasteiger partial charge in [0.25, 0.3) is 5.91 Å². The number of rotatable bonds is 11. The van der Waals surface area contributed by atoms with Crippen LogP contribution in [0.25, 0.3) is 0 Å². The van der Waals surface area contributed by atoms with E-state index in [1.54, 1.807) is 30.0 Å². The van der Waals surface area contributed by atoms with Gasteiger partial charge in [-0.2, -0.15) is 0 Å². The van der Waals surface area contributed by atoms with Crippen LogP contribution < -0.4 is 9.47 Å². The summed E-state index contributed by atoms with van der Waals surface area (Å²) in [5.41, 5.74) is 1.70. The molecule has 0 aliphatic rings. The van der Waals surface area contributed by atoms with E-state index in [0.29, 0.717) is 28.6 Å². The van der Waals surface area contributed by atoms with E-state index in [9.17, 15) is 9.59 Å². The fourth-order valence-electron chi connectivity index (χ4n) is 3.38. The first kappa shape index (κ1) is 25.5. The van der Waals surface area contributed by atoms with Crippen LogP contribution >= 0.6 is 22.9 Å². The van der Waals surface area contributed by atoms with Gasteiger partial charge in [-0.25, -0.2) is 9.78 Å². The SMILES string of the molecule is CCOC(=O)c1nc(CN(CCCc2ccccc2)C(=O)c2cc(OC)cc(OC)c2)sc1Cl. The molecule has 3 rings (SSSR count). The lowest BCUT2D eigenvalue weighted by Gasteiger charge is -2.22. The van der Waals surface area contributed by atoms with Gasteiger partial charge in [0.1, 0.15) is 20.8 Å². The zero-order chi connectivity index (χ0) is 24.5. The van der Waals surface area contributed by atoms with Crippen molar-refractivity contribution in [1.82, 2.24) is 9.88 Å². The first-order valence-corrected chi connectivity index (χ1v) is 12.0. The van der Waals surface area contributed by atoms with Crippen LogP contribution in [0, 0.1) is 0 Å². The number of carbonyl (C=O) groups is 2. The van der Waals surface area contributed by atoms with E-state index in [1.165, 1.54) is 19.8 Å². The molecule has 1 amide bonds. The van der Waals surface area contributed by atoms with Crippen LogP contribution in [0.1, 0.15) is 44.8 Å². The maximum atomic E-state index is 13.5. The molecule has 0 unspecified atom stereocenters. The second-order valence-corrected chi connectivity index (χ2v) is 9.05. The molecule has 0 N–H and O–H groups in total. The second-order valence-electron chi connectivity index (χ2n) is 7.37. The molecule has 1 heterocycles. The van der Waals surface area contributed by atoms with E-state index in [2.05, 4.69) is 17.1 Å². The third-order valence-corrected chi connectivity index (χ3v) is 6.29. The number of carbonyl (C=O) groups excluding carboxylic acids is 2. The second kappa shape index (κ2) is 12.4. The molecule has 0 saturated carbocycles. The average Bonchev–Trinajstić information content (AvgIpc) is 3.23. The fourth-order valence-corrected chi connectivity index (χ4v) is 4.56. The fraction of sp³-hybridized carbons (Fsp3) is 0.320. The van der Waals surface area contributed by atoms with Crippen molar-refractivity contribution < 1.29 is 23.8 Å². The Morgan fingerprint density at radius 3 is 2.35 bits per heavy atom. The number of nitrogens with zero attached hydrogens (tertiary/aromatic N) is 2. The van der Waals surface area contributed by atoms with E-state index in [1.807, 2.05) is 18.2 Å². The molecule has 180 valence electrons. The van der Waals surface area contributed by atoms with Gasteiger partial charge in [-0.15, -0.1) is 11.3 Å². The van der Waals surface area contributed by atoms with Gasteiger partial charge < -0.3 is 19.1 Å². The Bertz CT molecular complexity index is 1100. The predicted octanol–water partition coefficient (Wildman–Crippen LogP) is 5.27. The molecule has 3 aromatic rings. The summed E-state index contributed by atoms with van der Waals surface area (Å²) in [4.78, 5) is 31.7. The average molecular weight is 503 g/mol. The molecule has 9 heteroatoms. The Morgan fingerprint density at radius 2 is 1.74 bits per heavy atom. The molecule has 0 bridgehead atoms. The van der Waals surface area contributed by atoms with Crippen LogP contribution in [-0.4, -0.2) is 49.1 Å². The highest BCUT2D eigenvalue weighted by Gasteiger charge is 2.23. The lowest BCUT2D eigenvalue weighted by atomic mass is 10.1. The Hall–Kier alpha value is -3.10. The zero-order valence-corrected chi connectivity index (χ0v) is 20.9. The molecule has 0 aliphatic heterocycles. The van der Waals surface area contributed by atoms with Crippen LogP contribution in [0.5, 0.6) is 11.5 Å². The van der Waals surface area contributed by atoms with Crippen molar-refractivity contribution in [3.05, 3.63) is 74.7 Å². The van der Waals surface area contributed by atoms with Crippen molar-refractivity contribution in [2.45, 2.75) is 26.3 Å². The molecule has 0 saturated heterocycles. The molecule has 0 spiro atoms. The largest absolute Gasteiger partial charge is 0.497 e. The zero-order valence-electron chi connectivity index (χ0n) is 19.4. The van der Waals surface area contributed by atoms with E-state index >= 15 is 0 Å². The number of ether oxygens (including phenoxy) is 3. The van der Waals surface area contributed by atoms with E-state index in [0.717, 1.165) is 24.2 Å². The minimum absolute atomic E-state index is 0.0725. The maximum Gasteiger partial charge on any atom is 0.359 e. The van der Waals surface area contributed by atoms with Gasteiger partial charge in [0.15, 0.2) is 5.69 Å². The monoisotopic (exact) mass is 502 g/mol. The third-order valence-electron chi connectivity index (χ3n) is 5.05. The number of hydrogen-bond donors (Lipinski definition) is 0. The van der Waals surface area contributed by atoms with Crippen molar-refractivity contribution in [3.8, 4) is 11.5 Å². The Morgan fingerprint density at radius 1 is 1.06 bits per heavy atom. The van der Waals surface area contributed by atoms with Gasteiger partial charge in [0.05, 0.1) is 27.4 Å². The third kappa shape index (κ3) is 6.71. The summed E-state index contributed by atoms with van der Waals surface area (Å²) < 4.78 is 15.9. The van der Waals surface area contributed by atoms with Crippen molar-refractivity contribution in [2.24, 2.45) is 0 Å². The first-order valence-electron chi connectivity index (χ1n) is 10.8. The minimum atomic E-state index is -0.575. The van der Waals surface area contributed by atoms with Crippen molar-refractivity contribution in [1.29, 1.82) is 0 Å². The number of hydrogen-bond acceptors (Lipinski definition) is 7. The number of benzene rings is 2. The summed E-state index contributed by atoms with van der Waals surface area (Å²) in [7, 11) is 3.07. The number of aryl methyl sites for hydroxylation is 1. The molecule has 7 nitrogen and oxygen atoms in total. The van der Waals surface area contributed by atoms with Gasteiger partial charge in [0, 0.05) is 18.2 Å². The highest BCUT2D eigenvalue weighted by molar-refractivity contribution is 7.16. The van der Waals surface area contributed by atoms with E-state index < -0.39 is 5.97 Å². The first-order chi connectivity index (χ1) is 16.4. The number of aromatic nitrogens is 1. The number of esters is 1. The summed E-state index contributed by atoms with van der Waals surface area (Å²) in [6.07, 6.45) is 1.57. The molecule has 0 atom stereocenters. The molecular weight excluding hydrogens is 476 g/mol. The smallest absolute Gasteiger partial charge is 0.359 e. The van der Waals surface area contributed by atoms with Gasteiger partial charge in [-0.05, 0) is 37.5 Å². The molecule has 0 radical (unpaired) electrons. The summed E-state index contributed by atoms with van der Waals surface area (Å²) in [6.45, 7) is 2.63. The van der Waals surface area contributed by atoms with Gasteiger partial charge in [-0.3, -0.25) is 4.79 Å². The summed E-state index contributed by atoms with van der Waals surface area (Å²) in [6, 6.07) is 15.1. The normalized spacial score (nSPS) is 10.6. The standard InChI is InChI=1S/C25H27ClN2O5S/c1-4-33-25(30)22-23(26)34-21(27-22)16-28(12-8-11-17-9-6-5-7-10-17)24(29)18-13-19(31-2)15-20(14-18)32-3/h5-7,9-10,13-15H,4,8,11-12,16H2,1-3H3. The molecule has 0 fully saturated rings. The van der Waals surface area contributed by atoms with Crippen LogP contribution in [0.15, 0.2) is 48.5 Å². The van der Waals surface area contributed by atoms with Crippen LogP contribution in [0.4, 0.5) is 0 Å². The minimum Gasteiger partial charge on any atom is -0.497 e. The Labute approximate surface area is 208 Å². The summed E-state index contributed by atoms with van der Waals surface area (Å²) in [5.74, 6) is 0.270. The van der Waals surface area contributed by atoms with Crippen molar-refractivity contribution >= 4 is 34.8 Å². The van der Waals surface area contributed by atoms with Crippen LogP contribution in [-0.2, 0) is 17.7 Å². The van der Waals surface area contributed by atoms with Crippen LogP contribution in [0.2, 0.25) is 4.34 Å². The van der Waals surface area contributed by atoms with Crippen molar-refractivity contribution in [2.75, 3.05) is 27.4 Å². The molecular formula is C25H27ClN2O5S. The number of halogens is 1. The van der Waals surface area contributed by atoms with Gasteiger partial charge >= 0.3 is 5.97 Å². The van der Waals surface area contributed by atoms with Crippen molar-refractivity contribution in [3.63, 3.8) is 0 Å². The summed E-state index contributed by atoms with van der Waals surface area (Å²) >= 11 is 7.40. The highest BCUT2D eigenvalue weighted by atomic mass is 35.5. The Kier molecular flexibility index (Phi) is 9.30. The highest BCUT2D eigenvalue weighted by Crippen LogP contribution is 2.28. The molecule has 2 aromatic carbocycles. The van der Waals surface area contributed by atoms with Crippen LogP contribution in [0.3, 0.4) is 0 Å². The lowest BCUT2D eigenvalue weighted by Crippen LogP contribution is -2.32. The van der Waals surface area contributed by atoms with E-state index in [4.69, 9.17) is 25.8 Å². The molecule has 1 aromatic heterocycles. The number of methoxy groups -OCH3 is 2. The molecule has 34 heavy (non-hydrogen) atoms. The maximum absolute atomic E-state index is 13.5. The lowest BCUT2D eigenvalue weighted by molar-refractivity contribution is 0.0520. The topological polar surface area (TPSA) is 78.0 Å². The van der Waals surface area contributed by atoms with Gasteiger partial charge in [-0.1, -0.05) is 41.9 Å². The molecule has 0 aliphatic carbocycles. The quantitative estimate of drug-likeness (QED) is 0.332. The predicted molar refractivity (Wildman–Crippen MR) is 132 cm³/mol. The number of thiazole rings is 1. The summed E-state index contributed by atoms with van der Waals surface area (Å²) in [5, 5.41) is 0.552. The number of amides is 1. The van der Waals surface area contributed by atoms with Gasteiger partial charge in [0.2, 0.25) is 0 Å². The Balaban J connectivity index is 1.84. The van der Waals surface area contributed by atoms with E-state index in [-0.39, 0.29) is 29.1 Å².